The summed E-state index contributed by atoms with van der Waals surface area (Å²) in [5, 5.41) is 9.36. The smallest absolute Gasteiger partial charge is 0.316 e. The van der Waals surface area contributed by atoms with Crippen LogP contribution in [0.2, 0.25) is 0 Å². The lowest BCUT2D eigenvalue weighted by Crippen LogP contribution is -2.27. The molecule has 0 bridgehead atoms. The predicted octanol–water partition coefficient (Wildman–Crippen LogP) is 1.17. The van der Waals surface area contributed by atoms with Crippen LogP contribution in [0.1, 0.15) is 25.7 Å². The van der Waals surface area contributed by atoms with Crippen molar-refractivity contribution >= 4 is 0 Å². The fraction of sp³-hybridized carbons (Fsp3) is 0.636. The van der Waals surface area contributed by atoms with Gasteiger partial charge in [0.1, 0.15) is 6.10 Å². The van der Waals surface area contributed by atoms with Gasteiger partial charge in [-0.2, -0.15) is 9.97 Å². The average molecular weight is 224 g/mol. The molecule has 1 aromatic heterocycles. The Morgan fingerprint density at radius 1 is 1.19 bits per heavy atom. The molecule has 1 aliphatic carbocycles. The van der Waals surface area contributed by atoms with E-state index in [2.05, 4.69) is 9.97 Å². The van der Waals surface area contributed by atoms with Gasteiger partial charge in [0.05, 0.1) is 25.6 Å². The number of nitrogens with zero attached hydrogens (tertiary/aromatic N) is 2. The summed E-state index contributed by atoms with van der Waals surface area (Å²) in [6, 6.07) is 0.377. The Morgan fingerprint density at radius 3 is 2.38 bits per heavy atom. The third-order valence-electron chi connectivity index (χ3n) is 2.76. The SMILES string of the molecule is COc1cnc(OC2CCC(O)CC2)nc1. The summed E-state index contributed by atoms with van der Waals surface area (Å²) in [5.74, 6) is 0.617. The Kier molecular flexibility index (Phi) is 3.56. The fourth-order valence-electron chi connectivity index (χ4n) is 1.78. The van der Waals surface area contributed by atoms with E-state index in [-0.39, 0.29) is 12.2 Å². The molecule has 1 N–H and O–H groups in total. The first-order valence-corrected chi connectivity index (χ1v) is 5.48. The Balaban J connectivity index is 1.88. The third kappa shape index (κ3) is 2.82. The van der Waals surface area contributed by atoms with Gasteiger partial charge in [-0.05, 0) is 25.7 Å². The van der Waals surface area contributed by atoms with E-state index in [1.165, 1.54) is 0 Å². The van der Waals surface area contributed by atoms with Crippen LogP contribution in [0.3, 0.4) is 0 Å². The van der Waals surface area contributed by atoms with Crippen LogP contribution in [0.4, 0.5) is 0 Å². The summed E-state index contributed by atoms with van der Waals surface area (Å²) in [6.07, 6.45) is 6.42. The molecule has 0 atom stereocenters. The molecule has 0 saturated heterocycles. The van der Waals surface area contributed by atoms with Gasteiger partial charge < -0.3 is 14.6 Å². The van der Waals surface area contributed by atoms with Crippen molar-refractivity contribution in [2.75, 3.05) is 7.11 Å². The first kappa shape index (κ1) is 11.1. The van der Waals surface area contributed by atoms with Gasteiger partial charge in [-0.15, -0.1) is 0 Å². The van der Waals surface area contributed by atoms with Gasteiger partial charge in [0.2, 0.25) is 0 Å². The maximum Gasteiger partial charge on any atom is 0.316 e. The second kappa shape index (κ2) is 5.12. The minimum Gasteiger partial charge on any atom is -0.494 e. The summed E-state index contributed by atoms with van der Waals surface area (Å²) in [4.78, 5) is 8.08. The average Bonchev–Trinajstić information content (AvgIpc) is 2.33. The molecule has 1 heterocycles. The van der Waals surface area contributed by atoms with Crippen LogP contribution in [-0.2, 0) is 0 Å². The van der Waals surface area contributed by atoms with Crippen LogP contribution in [0, 0.1) is 0 Å². The highest BCUT2D eigenvalue weighted by atomic mass is 16.5. The Hall–Kier alpha value is -1.36. The third-order valence-corrected chi connectivity index (χ3v) is 2.76. The Labute approximate surface area is 94.4 Å². The number of aliphatic hydroxyl groups is 1. The first-order chi connectivity index (χ1) is 7.78. The van der Waals surface area contributed by atoms with Gasteiger partial charge in [-0.3, -0.25) is 0 Å². The van der Waals surface area contributed by atoms with Crippen LogP contribution in [0.25, 0.3) is 0 Å². The van der Waals surface area contributed by atoms with Gasteiger partial charge >= 0.3 is 6.01 Å². The highest BCUT2D eigenvalue weighted by Crippen LogP contribution is 2.22. The van der Waals surface area contributed by atoms with Crippen molar-refractivity contribution in [1.82, 2.24) is 9.97 Å². The molecule has 2 rings (SSSR count). The monoisotopic (exact) mass is 224 g/mol. The minimum absolute atomic E-state index is 0.122. The Morgan fingerprint density at radius 2 is 1.81 bits per heavy atom. The standard InChI is InChI=1S/C11H16N2O3/c1-15-10-6-12-11(13-7-10)16-9-4-2-8(14)3-5-9/h6-9,14H,2-5H2,1H3. The zero-order chi connectivity index (χ0) is 11.4. The molecule has 0 aromatic carbocycles. The molecule has 0 aliphatic heterocycles. The molecule has 1 aromatic rings. The maximum absolute atomic E-state index is 9.36. The number of aliphatic hydroxyl groups excluding tert-OH is 1. The van der Waals surface area contributed by atoms with Crippen molar-refractivity contribution in [3.63, 3.8) is 0 Å². The van der Waals surface area contributed by atoms with E-state index in [0.717, 1.165) is 25.7 Å². The number of ether oxygens (including phenoxy) is 2. The summed E-state index contributed by atoms with van der Waals surface area (Å²) in [5.41, 5.74) is 0. The molecule has 0 unspecified atom stereocenters. The number of aromatic nitrogens is 2. The van der Waals surface area contributed by atoms with Gasteiger partial charge in [-0.1, -0.05) is 0 Å². The van der Waals surface area contributed by atoms with Crippen LogP contribution >= 0.6 is 0 Å². The molecule has 88 valence electrons. The minimum atomic E-state index is -0.170. The van der Waals surface area contributed by atoms with Gasteiger partial charge in [0.25, 0.3) is 0 Å². The van der Waals surface area contributed by atoms with Gasteiger partial charge in [0.15, 0.2) is 5.75 Å². The quantitative estimate of drug-likeness (QED) is 0.834. The molecule has 5 heteroatoms. The first-order valence-electron chi connectivity index (χ1n) is 5.48. The topological polar surface area (TPSA) is 64.5 Å². The van der Waals surface area contributed by atoms with E-state index in [9.17, 15) is 5.11 Å². The van der Waals surface area contributed by atoms with E-state index < -0.39 is 0 Å². The highest BCUT2D eigenvalue weighted by Gasteiger charge is 2.21. The molecule has 0 radical (unpaired) electrons. The number of rotatable bonds is 3. The second-order valence-corrected chi connectivity index (χ2v) is 3.95. The van der Waals surface area contributed by atoms with E-state index >= 15 is 0 Å². The zero-order valence-electron chi connectivity index (χ0n) is 9.30. The van der Waals surface area contributed by atoms with Crippen molar-refractivity contribution in [3.05, 3.63) is 12.4 Å². The lowest BCUT2D eigenvalue weighted by atomic mass is 9.95. The molecular weight excluding hydrogens is 208 g/mol. The van der Waals surface area contributed by atoms with Crippen molar-refractivity contribution < 1.29 is 14.6 Å². The molecule has 0 amide bonds. The van der Waals surface area contributed by atoms with E-state index in [0.29, 0.717) is 11.8 Å². The summed E-state index contributed by atoms with van der Waals surface area (Å²) in [7, 11) is 1.57. The molecular formula is C11H16N2O3. The molecule has 5 nitrogen and oxygen atoms in total. The lowest BCUT2D eigenvalue weighted by molar-refractivity contribution is 0.0617. The zero-order valence-corrected chi connectivity index (χ0v) is 9.30. The van der Waals surface area contributed by atoms with E-state index in [1.807, 2.05) is 0 Å². The van der Waals surface area contributed by atoms with Crippen LogP contribution in [-0.4, -0.2) is 34.4 Å². The summed E-state index contributed by atoms with van der Waals surface area (Å²) >= 11 is 0. The lowest BCUT2D eigenvalue weighted by Gasteiger charge is -2.25. The summed E-state index contributed by atoms with van der Waals surface area (Å²) < 4.78 is 10.6. The highest BCUT2D eigenvalue weighted by molar-refractivity contribution is 5.13. The number of hydrogen-bond donors (Lipinski definition) is 1. The largest absolute Gasteiger partial charge is 0.494 e. The van der Waals surface area contributed by atoms with Crippen LogP contribution < -0.4 is 9.47 Å². The van der Waals surface area contributed by atoms with Crippen LogP contribution in [0.5, 0.6) is 11.8 Å². The van der Waals surface area contributed by atoms with Crippen molar-refractivity contribution in [3.8, 4) is 11.8 Å². The number of methoxy groups -OCH3 is 1. The molecule has 1 aliphatic rings. The Bertz CT molecular complexity index is 321. The van der Waals surface area contributed by atoms with E-state index in [1.54, 1.807) is 19.5 Å². The normalized spacial score (nSPS) is 25.1. The van der Waals surface area contributed by atoms with Gasteiger partial charge in [-0.25, -0.2) is 0 Å². The van der Waals surface area contributed by atoms with Gasteiger partial charge in [0, 0.05) is 0 Å². The second-order valence-electron chi connectivity index (χ2n) is 3.95. The molecule has 16 heavy (non-hydrogen) atoms. The number of hydrogen-bond acceptors (Lipinski definition) is 5. The van der Waals surface area contributed by atoms with Crippen molar-refractivity contribution in [1.29, 1.82) is 0 Å². The van der Waals surface area contributed by atoms with Crippen LogP contribution in [0.15, 0.2) is 12.4 Å². The van der Waals surface area contributed by atoms with E-state index in [4.69, 9.17) is 9.47 Å². The molecule has 0 spiro atoms. The molecule has 1 fully saturated rings. The van der Waals surface area contributed by atoms with Crippen molar-refractivity contribution in [2.45, 2.75) is 37.9 Å². The maximum atomic E-state index is 9.36. The van der Waals surface area contributed by atoms with Crippen molar-refractivity contribution in [2.24, 2.45) is 0 Å². The predicted molar refractivity (Wildman–Crippen MR) is 57.5 cm³/mol. The fourth-order valence-corrected chi connectivity index (χ4v) is 1.78. The summed E-state index contributed by atoms with van der Waals surface area (Å²) in [6.45, 7) is 0. The molecule has 1 saturated carbocycles.